The number of fused-ring (bicyclic) bond motifs is 1. The van der Waals surface area contributed by atoms with Gasteiger partial charge in [0.25, 0.3) is 11.7 Å². The molecule has 1 aromatic rings. The van der Waals surface area contributed by atoms with Crippen molar-refractivity contribution < 1.29 is 9.59 Å². The van der Waals surface area contributed by atoms with Gasteiger partial charge in [0.15, 0.2) is 0 Å². The lowest BCUT2D eigenvalue weighted by atomic mass is 10.1. The molecule has 1 aliphatic heterocycles. The third-order valence-electron chi connectivity index (χ3n) is 1.56. The van der Waals surface area contributed by atoms with Crippen LogP contribution in [0.3, 0.4) is 0 Å². The fraction of sp³-hybridized carbons (Fsp3) is 0. The minimum absolute atomic E-state index is 0.414. The Bertz CT molecular complexity index is 344. The lowest BCUT2D eigenvalue weighted by Crippen LogP contribution is -2.12. The van der Waals surface area contributed by atoms with Crippen LogP contribution in [0, 0.1) is 6.07 Å². The minimum atomic E-state index is -0.556. The average Bonchev–Trinajstić information content (AvgIpc) is 2.30. The van der Waals surface area contributed by atoms with Crippen molar-refractivity contribution >= 4 is 17.4 Å². The highest BCUT2D eigenvalue weighted by molar-refractivity contribution is 6.51. The van der Waals surface area contributed by atoms with Gasteiger partial charge >= 0.3 is 0 Å². The number of nitrogens with one attached hydrogen (secondary N) is 1. The molecule has 0 unspecified atom stereocenters. The van der Waals surface area contributed by atoms with E-state index < -0.39 is 11.7 Å². The topological polar surface area (TPSA) is 46.2 Å². The van der Waals surface area contributed by atoms with E-state index in [2.05, 4.69) is 11.4 Å². The van der Waals surface area contributed by atoms with Crippen molar-refractivity contribution in [3.8, 4) is 0 Å². The largest absolute Gasteiger partial charge is 0.318 e. The summed E-state index contributed by atoms with van der Waals surface area (Å²) in [6.07, 6.45) is 0. The summed E-state index contributed by atoms with van der Waals surface area (Å²) < 4.78 is 0. The number of Topliss-reactive ketones (excluding diaryl/α,β-unsaturated/α-hetero) is 1. The van der Waals surface area contributed by atoms with Crippen molar-refractivity contribution in [2.45, 2.75) is 0 Å². The smallest absolute Gasteiger partial charge is 0.296 e. The Balaban J connectivity index is 2.64. The van der Waals surface area contributed by atoms with Crippen LogP contribution in [0.2, 0.25) is 0 Å². The van der Waals surface area contributed by atoms with E-state index in [9.17, 15) is 9.59 Å². The molecule has 0 aromatic heterocycles. The Labute approximate surface area is 63.0 Å². The predicted octanol–water partition coefficient (Wildman–Crippen LogP) is 0.622. The van der Waals surface area contributed by atoms with E-state index in [1.54, 1.807) is 12.1 Å². The van der Waals surface area contributed by atoms with E-state index >= 15 is 0 Å². The van der Waals surface area contributed by atoms with Crippen molar-refractivity contribution in [2.75, 3.05) is 5.32 Å². The molecule has 1 aliphatic rings. The second-order valence-corrected chi connectivity index (χ2v) is 2.25. The Kier molecular flexibility index (Phi) is 1.06. The van der Waals surface area contributed by atoms with E-state index in [0.29, 0.717) is 11.3 Å². The molecule has 1 N–H and O–H groups in total. The fourth-order valence-corrected chi connectivity index (χ4v) is 1.03. The Morgan fingerprint density at radius 1 is 1.36 bits per heavy atom. The zero-order chi connectivity index (χ0) is 7.84. The highest BCUT2D eigenvalue weighted by Crippen LogP contribution is 2.20. The SMILES string of the molecule is O=C1Nc2cc[c]cc2C1=O. The van der Waals surface area contributed by atoms with Gasteiger partial charge in [-0.25, -0.2) is 0 Å². The van der Waals surface area contributed by atoms with Crippen molar-refractivity contribution in [2.24, 2.45) is 0 Å². The number of anilines is 1. The second-order valence-electron chi connectivity index (χ2n) is 2.25. The third kappa shape index (κ3) is 0.741. The number of hydrogen-bond donors (Lipinski definition) is 1. The van der Waals surface area contributed by atoms with Crippen molar-refractivity contribution in [3.05, 3.63) is 29.8 Å². The Hall–Kier alpha value is -1.64. The summed E-state index contributed by atoms with van der Waals surface area (Å²) in [5.74, 6) is -1.03. The van der Waals surface area contributed by atoms with E-state index in [-0.39, 0.29) is 0 Å². The van der Waals surface area contributed by atoms with Crippen LogP contribution in [-0.4, -0.2) is 11.7 Å². The first-order valence-electron chi connectivity index (χ1n) is 3.15. The van der Waals surface area contributed by atoms with Crippen LogP contribution < -0.4 is 5.32 Å². The van der Waals surface area contributed by atoms with Gasteiger partial charge in [-0.1, -0.05) is 6.07 Å². The average molecular weight is 146 g/mol. The van der Waals surface area contributed by atoms with Gasteiger partial charge in [0.1, 0.15) is 0 Å². The number of amides is 1. The maximum Gasteiger partial charge on any atom is 0.296 e. The highest BCUT2D eigenvalue weighted by Gasteiger charge is 2.26. The van der Waals surface area contributed by atoms with Crippen molar-refractivity contribution in [3.63, 3.8) is 0 Å². The molecule has 0 atom stereocenters. The molecule has 0 saturated carbocycles. The summed E-state index contributed by atoms with van der Waals surface area (Å²) in [6, 6.07) is 7.54. The van der Waals surface area contributed by atoms with Crippen molar-refractivity contribution in [1.82, 2.24) is 0 Å². The summed E-state index contributed by atoms with van der Waals surface area (Å²) in [6.45, 7) is 0. The predicted molar refractivity (Wildman–Crippen MR) is 38.2 cm³/mol. The van der Waals surface area contributed by atoms with E-state index in [0.717, 1.165) is 0 Å². The van der Waals surface area contributed by atoms with Crippen LogP contribution in [0.5, 0.6) is 0 Å². The zero-order valence-corrected chi connectivity index (χ0v) is 5.55. The number of carbonyl (C=O) groups excluding carboxylic acids is 2. The molecule has 53 valence electrons. The van der Waals surface area contributed by atoms with E-state index in [1.165, 1.54) is 6.07 Å². The molecule has 0 bridgehead atoms. The minimum Gasteiger partial charge on any atom is -0.318 e. The van der Waals surface area contributed by atoms with Crippen LogP contribution in [-0.2, 0) is 4.79 Å². The molecule has 3 nitrogen and oxygen atoms in total. The highest BCUT2D eigenvalue weighted by atomic mass is 16.2. The number of carbonyl (C=O) groups is 2. The first kappa shape index (κ1) is 6.09. The lowest BCUT2D eigenvalue weighted by Gasteiger charge is -1.91. The molecule has 1 radical (unpaired) electrons. The third-order valence-corrected chi connectivity index (χ3v) is 1.56. The molecule has 1 aromatic carbocycles. The molecule has 2 rings (SSSR count). The maximum atomic E-state index is 11.0. The van der Waals surface area contributed by atoms with Gasteiger partial charge in [0.05, 0.1) is 11.3 Å². The standard InChI is InChI=1S/C8H4NO2/c10-7-5-3-1-2-4-6(5)9-8(7)11/h2-4H,(H,9,10,11). The Morgan fingerprint density at radius 2 is 2.18 bits per heavy atom. The number of benzene rings is 1. The number of hydrogen-bond acceptors (Lipinski definition) is 2. The van der Waals surface area contributed by atoms with Gasteiger partial charge in [-0.3, -0.25) is 9.59 Å². The maximum absolute atomic E-state index is 11.0. The van der Waals surface area contributed by atoms with Crippen LogP contribution >= 0.6 is 0 Å². The van der Waals surface area contributed by atoms with Gasteiger partial charge in [-0.2, -0.15) is 0 Å². The number of ketones is 1. The molecule has 1 heterocycles. The fourth-order valence-electron chi connectivity index (χ4n) is 1.03. The van der Waals surface area contributed by atoms with Gasteiger partial charge < -0.3 is 5.32 Å². The monoisotopic (exact) mass is 146 g/mol. The first-order valence-corrected chi connectivity index (χ1v) is 3.15. The molecule has 3 heteroatoms. The van der Waals surface area contributed by atoms with E-state index in [1.807, 2.05) is 0 Å². The van der Waals surface area contributed by atoms with Crippen LogP contribution in [0.25, 0.3) is 0 Å². The normalized spacial score (nSPS) is 14.5. The van der Waals surface area contributed by atoms with E-state index in [4.69, 9.17) is 0 Å². The summed E-state index contributed by atoms with van der Waals surface area (Å²) in [5, 5.41) is 2.44. The first-order chi connectivity index (χ1) is 5.29. The number of rotatable bonds is 0. The van der Waals surface area contributed by atoms with Crippen LogP contribution in [0.15, 0.2) is 18.2 Å². The van der Waals surface area contributed by atoms with Gasteiger partial charge in [0.2, 0.25) is 0 Å². The summed E-state index contributed by atoms with van der Waals surface area (Å²) in [5.41, 5.74) is 0.997. The van der Waals surface area contributed by atoms with Gasteiger partial charge in [-0.15, -0.1) is 0 Å². The Morgan fingerprint density at radius 3 is 2.91 bits per heavy atom. The summed E-state index contributed by atoms with van der Waals surface area (Å²) >= 11 is 0. The van der Waals surface area contributed by atoms with Crippen molar-refractivity contribution in [1.29, 1.82) is 0 Å². The summed E-state index contributed by atoms with van der Waals surface area (Å²) in [7, 11) is 0. The summed E-state index contributed by atoms with van der Waals surface area (Å²) in [4.78, 5) is 21.7. The molecule has 0 aliphatic carbocycles. The second kappa shape index (κ2) is 1.92. The van der Waals surface area contributed by atoms with Gasteiger partial charge in [-0.05, 0) is 18.2 Å². The molecular weight excluding hydrogens is 142 g/mol. The molecule has 0 saturated heterocycles. The van der Waals surface area contributed by atoms with Crippen LogP contribution in [0.4, 0.5) is 5.69 Å². The molecule has 11 heavy (non-hydrogen) atoms. The molecule has 0 spiro atoms. The zero-order valence-electron chi connectivity index (χ0n) is 5.55. The van der Waals surface area contributed by atoms with Gasteiger partial charge in [0, 0.05) is 0 Å². The molecular formula is C8H4NO2. The van der Waals surface area contributed by atoms with Crippen LogP contribution in [0.1, 0.15) is 10.4 Å². The molecule has 1 amide bonds. The lowest BCUT2D eigenvalue weighted by molar-refractivity contribution is -0.112. The quantitative estimate of drug-likeness (QED) is 0.545. The molecule has 0 fully saturated rings.